The monoisotopic (exact) mass is 198 g/mol. The second-order valence-electron chi connectivity index (χ2n) is 4.75. The summed E-state index contributed by atoms with van der Waals surface area (Å²) >= 11 is 0. The third-order valence-corrected chi connectivity index (χ3v) is 2.98. The van der Waals surface area contributed by atoms with Crippen molar-refractivity contribution in [2.75, 3.05) is 20.1 Å². The van der Waals surface area contributed by atoms with Gasteiger partial charge < -0.3 is 10.2 Å². The first kappa shape index (κ1) is 11.5. The molecule has 1 fully saturated rings. The minimum Gasteiger partial charge on any atom is -0.343 e. The second-order valence-corrected chi connectivity index (χ2v) is 4.75. The normalized spacial score (nSPS) is 18.4. The lowest BCUT2D eigenvalue weighted by Gasteiger charge is -2.31. The number of carbonyl (C=O) groups excluding carboxylic acids is 1. The van der Waals surface area contributed by atoms with E-state index in [-0.39, 0.29) is 5.54 Å². The summed E-state index contributed by atoms with van der Waals surface area (Å²) in [5.41, 5.74) is -0.0749. The van der Waals surface area contributed by atoms with Crippen molar-refractivity contribution in [2.45, 2.75) is 45.1 Å². The molecule has 0 aliphatic carbocycles. The van der Waals surface area contributed by atoms with Crippen molar-refractivity contribution in [2.24, 2.45) is 0 Å². The highest BCUT2D eigenvalue weighted by Crippen LogP contribution is 2.14. The highest BCUT2D eigenvalue weighted by atomic mass is 16.2. The van der Waals surface area contributed by atoms with Gasteiger partial charge in [-0.05, 0) is 40.2 Å². The summed E-state index contributed by atoms with van der Waals surface area (Å²) in [6, 6.07) is 0. The molecule has 3 heteroatoms. The van der Waals surface area contributed by atoms with Gasteiger partial charge in [0, 0.05) is 25.0 Å². The highest BCUT2D eigenvalue weighted by Gasteiger charge is 2.24. The molecule has 0 bridgehead atoms. The number of rotatable bonds is 3. The van der Waals surface area contributed by atoms with Gasteiger partial charge in [-0.1, -0.05) is 0 Å². The van der Waals surface area contributed by atoms with E-state index >= 15 is 0 Å². The molecule has 1 N–H and O–H groups in total. The van der Waals surface area contributed by atoms with E-state index in [0.717, 1.165) is 13.1 Å². The van der Waals surface area contributed by atoms with Crippen LogP contribution in [0.15, 0.2) is 0 Å². The summed E-state index contributed by atoms with van der Waals surface area (Å²) in [6.45, 7) is 6.04. The maximum Gasteiger partial charge on any atom is 0.224 e. The molecule has 1 saturated heterocycles. The van der Waals surface area contributed by atoms with Crippen LogP contribution in [0.4, 0.5) is 0 Å². The lowest BCUT2D eigenvalue weighted by molar-refractivity contribution is -0.133. The number of carbonyl (C=O) groups is 1. The molecule has 0 aromatic rings. The quantitative estimate of drug-likeness (QED) is 0.743. The average Bonchev–Trinajstić information content (AvgIpc) is 2.19. The maximum absolute atomic E-state index is 11.9. The predicted molar refractivity (Wildman–Crippen MR) is 58.2 cm³/mol. The van der Waals surface area contributed by atoms with Crippen LogP contribution in [0, 0.1) is 0 Å². The van der Waals surface area contributed by atoms with Crippen molar-refractivity contribution >= 4 is 5.91 Å². The Morgan fingerprint density at radius 3 is 2.36 bits per heavy atom. The molecule has 1 heterocycles. The molecule has 1 rings (SSSR count). The number of amides is 1. The Bertz CT molecular complexity index is 195. The van der Waals surface area contributed by atoms with Gasteiger partial charge >= 0.3 is 0 Å². The lowest BCUT2D eigenvalue weighted by atomic mass is 9.99. The Hall–Kier alpha value is -0.570. The summed E-state index contributed by atoms with van der Waals surface area (Å²) in [6.07, 6.45) is 4.22. The van der Waals surface area contributed by atoms with E-state index in [9.17, 15) is 4.79 Å². The van der Waals surface area contributed by atoms with Gasteiger partial charge in [0.2, 0.25) is 5.91 Å². The van der Waals surface area contributed by atoms with Gasteiger partial charge in [-0.15, -0.1) is 0 Å². The van der Waals surface area contributed by atoms with Crippen LogP contribution in [0.1, 0.15) is 39.5 Å². The van der Waals surface area contributed by atoms with Gasteiger partial charge in [-0.25, -0.2) is 0 Å². The van der Waals surface area contributed by atoms with Crippen molar-refractivity contribution in [3.8, 4) is 0 Å². The Balaban J connectivity index is 2.40. The molecule has 0 radical (unpaired) electrons. The third kappa shape index (κ3) is 3.29. The maximum atomic E-state index is 11.9. The third-order valence-electron chi connectivity index (χ3n) is 2.98. The molecule has 0 atom stereocenters. The fourth-order valence-electron chi connectivity index (χ4n) is 1.72. The Morgan fingerprint density at radius 1 is 1.29 bits per heavy atom. The van der Waals surface area contributed by atoms with Gasteiger partial charge in [0.15, 0.2) is 0 Å². The first-order chi connectivity index (χ1) is 6.55. The van der Waals surface area contributed by atoms with Gasteiger partial charge in [-0.3, -0.25) is 4.79 Å². The Kier molecular flexibility index (Phi) is 3.93. The predicted octanol–water partition coefficient (Wildman–Crippen LogP) is 1.39. The largest absolute Gasteiger partial charge is 0.343 e. The van der Waals surface area contributed by atoms with E-state index in [1.54, 1.807) is 0 Å². The van der Waals surface area contributed by atoms with Crippen molar-refractivity contribution in [3.63, 3.8) is 0 Å². The molecular formula is C11H22N2O. The highest BCUT2D eigenvalue weighted by molar-refractivity contribution is 5.77. The van der Waals surface area contributed by atoms with Crippen molar-refractivity contribution in [1.82, 2.24) is 10.2 Å². The number of nitrogens with one attached hydrogen (secondary N) is 1. The van der Waals surface area contributed by atoms with Gasteiger partial charge in [0.05, 0.1) is 0 Å². The van der Waals surface area contributed by atoms with Crippen molar-refractivity contribution in [1.29, 1.82) is 0 Å². The standard InChI is InChI=1S/C11H22N2O/c1-11(2,12-3)9-10(14)13-7-5-4-6-8-13/h12H,4-9H2,1-3H3. The Morgan fingerprint density at radius 2 is 1.86 bits per heavy atom. The zero-order chi connectivity index (χ0) is 10.6. The minimum absolute atomic E-state index is 0.0749. The molecule has 1 aliphatic rings. The molecule has 14 heavy (non-hydrogen) atoms. The summed E-state index contributed by atoms with van der Waals surface area (Å²) in [5.74, 6) is 0.295. The molecule has 1 amide bonds. The van der Waals surface area contributed by atoms with Crippen molar-refractivity contribution < 1.29 is 4.79 Å². The Labute approximate surface area is 86.9 Å². The molecule has 82 valence electrons. The second kappa shape index (κ2) is 4.78. The van der Waals surface area contributed by atoms with Gasteiger partial charge in [0.25, 0.3) is 0 Å². The smallest absolute Gasteiger partial charge is 0.224 e. The molecule has 0 saturated carbocycles. The van der Waals surface area contributed by atoms with Crippen LogP contribution in [-0.2, 0) is 4.79 Å². The first-order valence-corrected chi connectivity index (χ1v) is 5.52. The van der Waals surface area contributed by atoms with Crippen LogP contribution in [0.3, 0.4) is 0 Å². The van der Waals surface area contributed by atoms with Crippen LogP contribution >= 0.6 is 0 Å². The SMILES string of the molecule is CNC(C)(C)CC(=O)N1CCCCC1. The molecule has 1 aliphatic heterocycles. The molecule has 0 aromatic carbocycles. The summed E-state index contributed by atoms with van der Waals surface area (Å²) in [7, 11) is 1.91. The van der Waals surface area contributed by atoms with E-state index in [2.05, 4.69) is 19.2 Å². The van der Waals surface area contributed by atoms with E-state index in [4.69, 9.17) is 0 Å². The van der Waals surface area contributed by atoms with E-state index in [1.807, 2.05) is 11.9 Å². The van der Waals surface area contributed by atoms with Crippen LogP contribution in [-0.4, -0.2) is 36.5 Å². The summed E-state index contributed by atoms with van der Waals surface area (Å²) < 4.78 is 0. The molecule has 0 aromatic heterocycles. The average molecular weight is 198 g/mol. The molecular weight excluding hydrogens is 176 g/mol. The van der Waals surface area contributed by atoms with Crippen molar-refractivity contribution in [3.05, 3.63) is 0 Å². The summed E-state index contributed by atoms with van der Waals surface area (Å²) in [5, 5.41) is 3.16. The molecule has 0 unspecified atom stereocenters. The molecule has 0 spiro atoms. The zero-order valence-electron chi connectivity index (χ0n) is 9.60. The summed E-state index contributed by atoms with van der Waals surface area (Å²) in [4.78, 5) is 13.9. The van der Waals surface area contributed by atoms with Crippen LogP contribution in [0.25, 0.3) is 0 Å². The van der Waals surface area contributed by atoms with Gasteiger partial charge in [0.1, 0.15) is 0 Å². The minimum atomic E-state index is -0.0749. The number of hydrogen-bond acceptors (Lipinski definition) is 2. The number of nitrogens with zero attached hydrogens (tertiary/aromatic N) is 1. The zero-order valence-corrected chi connectivity index (χ0v) is 9.60. The van der Waals surface area contributed by atoms with E-state index in [0.29, 0.717) is 12.3 Å². The van der Waals surface area contributed by atoms with Crippen LogP contribution in [0.5, 0.6) is 0 Å². The number of piperidine rings is 1. The topological polar surface area (TPSA) is 32.3 Å². The lowest BCUT2D eigenvalue weighted by Crippen LogP contribution is -2.44. The number of likely N-dealkylation sites (tertiary alicyclic amines) is 1. The first-order valence-electron chi connectivity index (χ1n) is 5.52. The fraction of sp³-hybridized carbons (Fsp3) is 0.909. The number of hydrogen-bond donors (Lipinski definition) is 1. The van der Waals surface area contributed by atoms with Crippen LogP contribution < -0.4 is 5.32 Å². The van der Waals surface area contributed by atoms with Crippen LogP contribution in [0.2, 0.25) is 0 Å². The van der Waals surface area contributed by atoms with E-state index in [1.165, 1.54) is 19.3 Å². The fourth-order valence-corrected chi connectivity index (χ4v) is 1.72. The molecule has 3 nitrogen and oxygen atoms in total. The van der Waals surface area contributed by atoms with E-state index < -0.39 is 0 Å². The van der Waals surface area contributed by atoms with Gasteiger partial charge in [-0.2, -0.15) is 0 Å².